The fourth-order valence-electron chi connectivity index (χ4n) is 1.23. The van der Waals surface area contributed by atoms with Crippen molar-refractivity contribution in [3.8, 4) is 0 Å². The number of urea groups is 1. The van der Waals surface area contributed by atoms with Gasteiger partial charge in [0.1, 0.15) is 5.84 Å². The Morgan fingerprint density at radius 1 is 1.67 bits per heavy atom. The molecule has 2 amide bonds. The minimum atomic E-state index is -0.171. The molecule has 0 saturated heterocycles. The van der Waals surface area contributed by atoms with E-state index in [1.54, 1.807) is 0 Å². The van der Waals surface area contributed by atoms with Crippen molar-refractivity contribution in [2.45, 2.75) is 44.7 Å². The minimum absolute atomic E-state index is 0.0837. The third-order valence-electron chi connectivity index (χ3n) is 2.32. The van der Waals surface area contributed by atoms with Crippen molar-refractivity contribution < 1.29 is 10.0 Å². The maximum Gasteiger partial charge on any atom is 0.315 e. The lowest BCUT2D eigenvalue weighted by atomic mass is 10.1. The second kappa shape index (κ2) is 5.43. The number of nitrogens with zero attached hydrogens (tertiary/aromatic N) is 1. The van der Waals surface area contributed by atoms with E-state index in [1.165, 1.54) is 0 Å². The van der Waals surface area contributed by atoms with Crippen molar-refractivity contribution >= 4 is 11.9 Å². The van der Waals surface area contributed by atoms with Gasteiger partial charge in [0.25, 0.3) is 0 Å². The first kappa shape index (κ1) is 11.6. The van der Waals surface area contributed by atoms with Crippen LogP contribution in [0.1, 0.15) is 32.6 Å². The van der Waals surface area contributed by atoms with Crippen LogP contribution in [0.15, 0.2) is 5.16 Å². The zero-order chi connectivity index (χ0) is 11.3. The molecule has 15 heavy (non-hydrogen) atoms. The summed E-state index contributed by atoms with van der Waals surface area (Å²) in [7, 11) is 0. The topological polar surface area (TPSA) is 99.7 Å². The van der Waals surface area contributed by atoms with Crippen LogP contribution in [0.4, 0.5) is 4.79 Å². The molecular formula is C9H18N4O2. The highest BCUT2D eigenvalue weighted by molar-refractivity contribution is 5.81. The average Bonchev–Trinajstić information content (AvgIpc) is 3.00. The quantitative estimate of drug-likeness (QED) is 0.230. The van der Waals surface area contributed by atoms with E-state index >= 15 is 0 Å². The highest BCUT2D eigenvalue weighted by Crippen LogP contribution is 2.18. The predicted molar refractivity (Wildman–Crippen MR) is 56.8 cm³/mol. The van der Waals surface area contributed by atoms with Gasteiger partial charge in [0.15, 0.2) is 0 Å². The van der Waals surface area contributed by atoms with Crippen LogP contribution >= 0.6 is 0 Å². The van der Waals surface area contributed by atoms with Crippen molar-refractivity contribution in [3.05, 3.63) is 0 Å². The number of hydrogen-bond donors (Lipinski definition) is 4. The van der Waals surface area contributed by atoms with Crippen molar-refractivity contribution in [2.24, 2.45) is 10.9 Å². The summed E-state index contributed by atoms with van der Waals surface area (Å²) in [5.41, 5.74) is 5.37. The number of amidine groups is 1. The van der Waals surface area contributed by atoms with E-state index in [-0.39, 0.29) is 17.9 Å². The largest absolute Gasteiger partial charge is 0.409 e. The Balaban J connectivity index is 2.27. The first-order chi connectivity index (χ1) is 7.15. The van der Waals surface area contributed by atoms with E-state index in [0.717, 1.165) is 19.3 Å². The number of nitrogens with one attached hydrogen (secondary N) is 2. The molecular weight excluding hydrogens is 196 g/mol. The monoisotopic (exact) mass is 214 g/mol. The first-order valence-electron chi connectivity index (χ1n) is 5.19. The molecule has 0 bridgehead atoms. The van der Waals surface area contributed by atoms with Gasteiger partial charge in [0.2, 0.25) is 0 Å². The van der Waals surface area contributed by atoms with Gasteiger partial charge in [-0.2, -0.15) is 0 Å². The Labute approximate surface area is 88.9 Å². The Bertz CT molecular complexity index is 250. The molecule has 1 unspecified atom stereocenters. The van der Waals surface area contributed by atoms with Gasteiger partial charge in [-0.05, 0) is 19.3 Å². The number of nitrogens with two attached hydrogens (primary N) is 1. The highest BCUT2D eigenvalue weighted by Gasteiger charge is 2.24. The summed E-state index contributed by atoms with van der Waals surface area (Å²) in [5, 5.41) is 16.9. The summed E-state index contributed by atoms with van der Waals surface area (Å²) in [5.74, 6) is 0.133. The van der Waals surface area contributed by atoms with Gasteiger partial charge in [-0.1, -0.05) is 12.1 Å². The molecule has 0 aliphatic heterocycles. The summed E-state index contributed by atoms with van der Waals surface area (Å²) < 4.78 is 0. The SMILES string of the molecule is CCC(CC(N)=NO)NC(=O)NC1CC1. The predicted octanol–water partition coefficient (Wildman–Crippen LogP) is 0.363. The minimum Gasteiger partial charge on any atom is -0.409 e. The second-order valence-electron chi connectivity index (χ2n) is 3.79. The zero-order valence-electron chi connectivity index (χ0n) is 8.86. The molecule has 6 nitrogen and oxygen atoms in total. The molecule has 5 N–H and O–H groups in total. The van der Waals surface area contributed by atoms with Crippen molar-refractivity contribution in [1.82, 2.24) is 10.6 Å². The lowest BCUT2D eigenvalue weighted by Gasteiger charge is -2.16. The average molecular weight is 214 g/mol. The molecule has 0 aromatic heterocycles. The van der Waals surface area contributed by atoms with Crippen LogP contribution in [-0.2, 0) is 0 Å². The maximum atomic E-state index is 11.4. The summed E-state index contributed by atoms with van der Waals surface area (Å²) in [4.78, 5) is 11.4. The molecule has 1 saturated carbocycles. The number of amides is 2. The van der Waals surface area contributed by atoms with Gasteiger partial charge in [0, 0.05) is 18.5 Å². The zero-order valence-corrected chi connectivity index (χ0v) is 8.86. The van der Waals surface area contributed by atoms with E-state index in [4.69, 9.17) is 10.9 Å². The van der Waals surface area contributed by atoms with Crippen LogP contribution in [0.5, 0.6) is 0 Å². The number of rotatable bonds is 5. The summed E-state index contributed by atoms with van der Waals surface area (Å²) >= 11 is 0. The second-order valence-corrected chi connectivity index (χ2v) is 3.79. The Morgan fingerprint density at radius 3 is 2.80 bits per heavy atom. The van der Waals surface area contributed by atoms with Crippen molar-refractivity contribution in [2.75, 3.05) is 0 Å². The van der Waals surface area contributed by atoms with E-state index in [0.29, 0.717) is 12.5 Å². The van der Waals surface area contributed by atoms with E-state index in [2.05, 4.69) is 15.8 Å². The Hall–Kier alpha value is -1.46. The van der Waals surface area contributed by atoms with E-state index in [1.807, 2.05) is 6.92 Å². The highest BCUT2D eigenvalue weighted by atomic mass is 16.4. The van der Waals surface area contributed by atoms with Crippen LogP contribution in [0, 0.1) is 0 Å². The normalized spacial score (nSPS) is 18.3. The summed E-state index contributed by atoms with van der Waals surface area (Å²) in [6, 6.07) is 0.0844. The summed E-state index contributed by atoms with van der Waals surface area (Å²) in [6.45, 7) is 1.94. The van der Waals surface area contributed by atoms with E-state index in [9.17, 15) is 4.79 Å². The molecule has 0 radical (unpaired) electrons. The van der Waals surface area contributed by atoms with Gasteiger partial charge in [-0.3, -0.25) is 0 Å². The first-order valence-corrected chi connectivity index (χ1v) is 5.19. The number of hydrogen-bond acceptors (Lipinski definition) is 3. The third-order valence-corrected chi connectivity index (χ3v) is 2.32. The number of oxime groups is 1. The lowest BCUT2D eigenvalue weighted by Crippen LogP contribution is -2.44. The molecule has 0 aromatic carbocycles. The lowest BCUT2D eigenvalue weighted by molar-refractivity contribution is 0.236. The van der Waals surface area contributed by atoms with Crippen LogP contribution in [0.25, 0.3) is 0 Å². The number of carbonyl (C=O) groups excluding carboxylic acids is 1. The van der Waals surface area contributed by atoms with Crippen LogP contribution < -0.4 is 16.4 Å². The molecule has 6 heteroatoms. The molecule has 0 spiro atoms. The molecule has 1 aliphatic carbocycles. The Kier molecular flexibility index (Phi) is 4.20. The van der Waals surface area contributed by atoms with Gasteiger partial charge < -0.3 is 21.6 Å². The molecule has 1 atom stereocenters. The molecule has 1 rings (SSSR count). The summed E-state index contributed by atoms with van der Waals surface area (Å²) in [6.07, 6.45) is 3.23. The molecule has 86 valence electrons. The van der Waals surface area contributed by atoms with Gasteiger partial charge in [-0.15, -0.1) is 0 Å². The van der Waals surface area contributed by atoms with Crippen LogP contribution in [-0.4, -0.2) is 29.2 Å². The molecule has 1 fully saturated rings. The molecule has 0 aromatic rings. The van der Waals surface area contributed by atoms with Crippen molar-refractivity contribution in [1.29, 1.82) is 0 Å². The van der Waals surface area contributed by atoms with Crippen LogP contribution in [0.2, 0.25) is 0 Å². The smallest absolute Gasteiger partial charge is 0.315 e. The van der Waals surface area contributed by atoms with E-state index < -0.39 is 0 Å². The van der Waals surface area contributed by atoms with Gasteiger partial charge >= 0.3 is 6.03 Å². The maximum absolute atomic E-state index is 11.4. The van der Waals surface area contributed by atoms with Crippen LogP contribution in [0.3, 0.4) is 0 Å². The molecule has 0 heterocycles. The third kappa shape index (κ3) is 4.53. The molecule has 1 aliphatic rings. The number of carbonyl (C=O) groups is 1. The fraction of sp³-hybridized carbons (Fsp3) is 0.778. The fourth-order valence-corrected chi connectivity index (χ4v) is 1.23. The standard InChI is InChI=1S/C9H18N4O2/c1-2-6(5-8(10)13-15)11-9(14)12-7-3-4-7/h6-7,15H,2-5H2,1H3,(H2,10,13)(H2,11,12,14). The van der Waals surface area contributed by atoms with Gasteiger partial charge in [0.05, 0.1) is 0 Å². The van der Waals surface area contributed by atoms with Gasteiger partial charge in [-0.25, -0.2) is 4.79 Å². The van der Waals surface area contributed by atoms with Crippen molar-refractivity contribution in [3.63, 3.8) is 0 Å². The Morgan fingerprint density at radius 2 is 2.33 bits per heavy atom.